The molecule has 0 unspecified atom stereocenters. The number of rotatable bonds is 7. The number of aromatic hydroxyl groups is 1. The highest BCUT2D eigenvalue weighted by molar-refractivity contribution is 5.85. The molecule has 9 heteroatoms. The summed E-state index contributed by atoms with van der Waals surface area (Å²) in [4.78, 5) is 4.13. The normalized spacial score (nSPS) is 16.2. The molecule has 0 aromatic heterocycles. The van der Waals surface area contributed by atoms with E-state index in [9.17, 15) is 18.3 Å². The first kappa shape index (κ1) is 26.1. The fourth-order valence-corrected chi connectivity index (χ4v) is 3.43. The van der Waals surface area contributed by atoms with Crippen molar-refractivity contribution in [3.63, 3.8) is 0 Å². The fourth-order valence-electron chi connectivity index (χ4n) is 3.43. The van der Waals surface area contributed by atoms with Gasteiger partial charge in [0.05, 0.1) is 0 Å². The van der Waals surface area contributed by atoms with E-state index >= 15 is 0 Å². The highest BCUT2D eigenvalue weighted by Crippen LogP contribution is 2.37. The zero-order valence-corrected chi connectivity index (χ0v) is 17.4. The van der Waals surface area contributed by atoms with Gasteiger partial charge in [0, 0.05) is 69.0 Å². The van der Waals surface area contributed by atoms with Crippen molar-refractivity contribution in [2.24, 2.45) is 0 Å². The molecule has 0 bridgehead atoms. The van der Waals surface area contributed by atoms with E-state index in [1.165, 1.54) is 0 Å². The third-order valence-corrected chi connectivity index (χ3v) is 4.80. The van der Waals surface area contributed by atoms with Crippen LogP contribution in [-0.4, -0.2) is 55.5 Å². The Labute approximate surface area is 171 Å². The first-order valence-corrected chi connectivity index (χ1v) is 8.95. The number of phenolic OH excluding ortho intramolecular Hbond substituents is 1. The van der Waals surface area contributed by atoms with Crippen molar-refractivity contribution in [2.45, 2.75) is 38.9 Å². The van der Waals surface area contributed by atoms with Gasteiger partial charge < -0.3 is 15.3 Å². The van der Waals surface area contributed by atoms with Crippen LogP contribution in [0.2, 0.25) is 0 Å². The average molecular weight is 432 g/mol. The van der Waals surface area contributed by atoms with Crippen LogP contribution in [0.4, 0.5) is 18.9 Å². The summed E-state index contributed by atoms with van der Waals surface area (Å²) < 4.78 is 38.3. The highest BCUT2D eigenvalue weighted by Gasteiger charge is 2.32. The summed E-state index contributed by atoms with van der Waals surface area (Å²) in [7, 11) is 0. The highest BCUT2D eigenvalue weighted by atomic mass is 35.5. The molecule has 1 heterocycles. The summed E-state index contributed by atoms with van der Waals surface area (Å²) in [5.74, 6) is 0.0788. The lowest BCUT2D eigenvalue weighted by Gasteiger charge is -2.36. The van der Waals surface area contributed by atoms with Crippen LogP contribution in [-0.2, 0) is 0 Å². The Morgan fingerprint density at radius 2 is 1.74 bits per heavy atom. The molecule has 1 atom stereocenters. The smallest absolute Gasteiger partial charge is 0.389 e. The van der Waals surface area contributed by atoms with E-state index in [-0.39, 0.29) is 37.0 Å². The van der Waals surface area contributed by atoms with E-state index in [4.69, 9.17) is 0 Å². The topological polar surface area (TPSA) is 38.7 Å². The van der Waals surface area contributed by atoms with Crippen LogP contribution in [0, 0.1) is 0 Å². The third-order valence-electron chi connectivity index (χ3n) is 4.80. The Kier molecular flexibility index (Phi) is 11.5. The maximum Gasteiger partial charge on any atom is 0.389 e. The summed E-state index contributed by atoms with van der Waals surface area (Å²) in [5.41, 5.74) is 1.48. The molecule has 2 N–H and O–H groups in total. The number of benzene rings is 1. The predicted octanol–water partition coefficient (Wildman–Crippen LogP) is 4.37. The number of hydrogen-bond acceptors (Lipinski definition) is 4. The Morgan fingerprint density at radius 1 is 1.15 bits per heavy atom. The molecule has 0 spiro atoms. The van der Waals surface area contributed by atoms with Gasteiger partial charge in [-0.3, -0.25) is 4.90 Å². The molecule has 0 aliphatic carbocycles. The molecule has 0 amide bonds. The van der Waals surface area contributed by atoms with Gasteiger partial charge in [-0.1, -0.05) is 6.07 Å². The molecule has 0 saturated carbocycles. The van der Waals surface area contributed by atoms with E-state index in [1.807, 2.05) is 24.8 Å². The van der Waals surface area contributed by atoms with Crippen molar-refractivity contribution in [3.8, 4) is 5.75 Å². The van der Waals surface area contributed by atoms with E-state index in [2.05, 4.69) is 10.2 Å². The van der Waals surface area contributed by atoms with Crippen molar-refractivity contribution in [2.75, 3.05) is 44.2 Å². The Bertz CT molecular complexity index is 551. The van der Waals surface area contributed by atoms with Gasteiger partial charge in [-0.2, -0.15) is 13.2 Å². The lowest BCUT2D eigenvalue weighted by Crippen LogP contribution is -2.45. The van der Waals surface area contributed by atoms with Crippen molar-refractivity contribution in [1.82, 2.24) is 10.2 Å². The van der Waals surface area contributed by atoms with Crippen LogP contribution in [0.1, 0.15) is 38.3 Å². The number of hydrogen-bond donors (Lipinski definition) is 2. The molecule has 0 radical (unpaired) electrons. The molecule has 1 fully saturated rings. The van der Waals surface area contributed by atoms with Crippen LogP contribution >= 0.6 is 24.8 Å². The molecule has 1 aromatic carbocycles. The Balaban J connectivity index is 0.00000338. The molecular formula is C18H30Cl2F3N3O. The van der Waals surface area contributed by atoms with Crippen molar-refractivity contribution in [3.05, 3.63) is 23.8 Å². The molecular weight excluding hydrogens is 402 g/mol. The van der Waals surface area contributed by atoms with Gasteiger partial charge in [0.25, 0.3) is 0 Å². The third kappa shape index (κ3) is 7.56. The van der Waals surface area contributed by atoms with Crippen LogP contribution in [0.25, 0.3) is 0 Å². The standard InChI is InChI=1S/C18H28F3N3O.2ClH/c1-3-23(4-2)14-5-6-15(17(25)13-14)16(7-8-18(19,20)21)24-11-9-22-10-12-24;;/h5-6,13,16,22,25H,3-4,7-12H2,1-2H3;2*1H/t16-;;/m1../s1. The number of phenols is 1. The molecule has 158 valence electrons. The quantitative estimate of drug-likeness (QED) is 0.671. The maximum atomic E-state index is 12.8. The van der Waals surface area contributed by atoms with Gasteiger partial charge in [-0.15, -0.1) is 24.8 Å². The fraction of sp³-hybridized carbons (Fsp3) is 0.667. The van der Waals surface area contributed by atoms with Gasteiger partial charge in [0.2, 0.25) is 0 Å². The number of halogens is 5. The lowest BCUT2D eigenvalue weighted by molar-refractivity contribution is -0.138. The monoisotopic (exact) mass is 431 g/mol. The second-order valence-electron chi connectivity index (χ2n) is 6.37. The second kappa shape index (κ2) is 11.8. The summed E-state index contributed by atoms with van der Waals surface area (Å²) in [6.07, 6.45) is -5.08. The number of alkyl halides is 3. The van der Waals surface area contributed by atoms with Crippen LogP contribution < -0.4 is 10.2 Å². The second-order valence-corrected chi connectivity index (χ2v) is 6.37. The molecule has 4 nitrogen and oxygen atoms in total. The summed E-state index contributed by atoms with van der Waals surface area (Å²) in [6.45, 7) is 8.54. The van der Waals surface area contributed by atoms with Crippen LogP contribution in [0.15, 0.2) is 18.2 Å². The zero-order valence-electron chi connectivity index (χ0n) is 15.8. The van der Waals surface area contributed by atoms with Gasteiger partial charge in [0.1, 0.15) is 5.75 Å². The van der Waals surface area contributed by atoms with E-state index in [0.29, 0.717) is 18.7 Å². The first-order valence-electron chi connectivity index (χ1n) is 8.95. The Morgan fingerprint density at radius 3 is 2.22 bits per heavy atom. The van der Waals surface area contributed by atoms with E-state index < -0.39 is 18.6 Å². The number of nitrogens with one attached hydrogen (secondary N) is 1. The lowest BCUT2D eigenvalue weighted by atomic mass is 9.97. The molecule has 1 aliphatic heterocycles. The minimum atomic E-state index is -4.19. The zero-order chi connectivity index (χ0) is 18.4. The minimum Gasteiger partial charge on any atom is -0.508 e. The largest absolute Gasteiger partial charge is 0.508 e. The summed E-state index contributed by atoms with van der Waals surface area (Å²) in [6, 6.07) is 4.93. The number of anilines is 1. The van der Waals surface area contributed by atoms with Crippen LogP contribution in [0.3, 0.4) is 0 Å². The molecule has 1 saturated heterocycles. The number of nitrogens with zero attached hydrogens (tertiary/aromatic N) is 2. The molecule has 27 heavy (non-hydrogen) atoms. The van der Waals surface area contributed by atoms with E-state index in [1.54, 1.807) is 12.1 Å². The predicted molar refractivity (Wildman–Crippen MR) is 109 cm³/mol. The van der Waals surface area contributed by atoms with Crippen LogP contribution in [0.5, 0.6) is 5.75 Å². The first-order chi connectivity index (χ1) is 11.9. The molecule has 1 aliphatic rings. The Hall–Kier alpha value is -0.890. The van der Waals surface area contributed by atoms with Crippen molar-refractivity contribution >= 4 is 30.5 Å². The average Bonchev–Trinajstić information content (AvgIpc) is 2.58. The van der Waals surface area contributed by atoms with E-state index in [0.717, 1.165) is 31.9 Å². The van der Waals surface area contributed by atoms with Gasteiger partial charge in [-0.05, 0) is 26.3 Å². The molecule has 1 aromatic rings. The van der Waals surface area contributed by atoms with Gasteiger partial charge in [-0.25, -0.2) is 0 Å². The molecule has 2 rings (SSSR count). The number of piperazine rings is 1. The maximum absolute atomic E-state index is 12.8. The SMILES string of the molecule is CCN(CC)c1ccc([C@@H](CCC(F)(F)F)N2CCNCC2)c(O)c1.Cl.Cl. The van der Waals surface area contributed by atoms with Crippen molar-refractivity contribution < 1.29 is 18.3 Å². The summed E-state index contributed by atoms with van der Waals surface area (Å²) in [5, 5.41) is 13.7. The van der Waals surface area contributed by atoms with Gasteiger partial charge >= 0.3 is 6.18 Å². The van der Waals surface area contributed by atoms with Gasteiger partial charge in [0.15, 0.2) is 0 Å². The van der Waals surface area contributed by atoms with Crippen molar-refractivity contribution in [1.29, 1.82) is 0 Å². The minimum absolute atomic E-state index is 0. The summed E-state index contributed by atoms with van der Waals surface area (Å²) >= 11 is 0.